The number of anilines is 2. The number of thioether (sulfide) groups is 1. The number of nitrogens with one attached hydrogen (secondary N) is 1. The maximum atomic E-state index is 14.1. The van der Waals surface area contributed by atoms with Gasteiger partial charge in [-0.3, -0.25) is 14.5 Å². The molecule has 1 aliphatic heterocycles. The number of hydrogen-bond acceptors (Lipinski definition) is 3. The Hall–Kier alpha value is -2.34. The largest absolute Gasteiger partial charge is 0.326 e. The zero-order valence-electron chi connectivity index (χ0n) is 13.9. The minimum absolute atomic E-state index is 0.0198. The van der Waals surface area contributed by atoms with Crippen molar-refractivity contribution in [2.45, 2.75) is 25.1 Å². The Balaban J connectivity index is 1.82. The summed E-state index contributed by atoms with van der Waals surface area (Å²) in [7, 11) is 0. The van der Waals surface area contributed by atoms with E-state index < -0.39 is 5.82 Å². The first-order valence-corrected chi connectivity index (χ1v) is 9.23. The Labute approximate surface area is 150 Å². The summed E-state index contributed by atoms with van der Waals surface area (Å²) in [6.07, 6.45) is 1.28. The molecule has 0 spiro atoms. The van der Waals surface area contributed by atoms with Crippen LogP contribution in [0.1, 0.15) is 30.7 Å². The molecule has 0 aromatic heterocycles. The van der Waals surface area contributed by atoms with Gasteiger partial charge in [0, 0.05) is 12.1 Å². The van der Waals surface area contributed by atoms with Crippen LogP contribution in [0.4, 0.5) is 15.8 Å². The van der Waals surface area contributed by atoms with Gasteiger partial charge in [0.15, 0.2) is 0 Å². The molecule has 1 saturated heterocycles. The molecule has 0 unspecified atom stereocenters. The molecule has 1 atom stereocenters. The van der Waals surface area contributed by atoms with Gasteiger partial charge in [0.2, 0.25) is 11.8 Å². The van der Waals surface area contributed by atoms with Crippen LogP contribution < -0.4 is 10.2 Å². The number of nitrogens with zero attached hydrogens (tertiary/aromatic N) is 1. The first kappa shape index (κ1) is 17.5. The van der Waals surface area contributed by atoms with Gasteiger partial charge in [-0.1, -0.05) is 31.2 Å². The van der Waals surface area contributed by atoms with E-state index in [4.69, 9.17) is 0 Å². The highest BCUT2D eigenvalue weighted by Gasteiger charge is 2.35. The highest BCUT2D eigenvalue weighted by atomic mass is 32.2. The number of rotatable bonds is 5. The molecule has 2 aromatic carbocycles. The molecule has 3 rings (SSSR count). The van der Waals surface area contributed by atoms with Crippen molar-refractivity contribution < 1.29 is 14.0 Å². The standard InChI is InChI=1S/C19H19FN2O2S/c1-2-5-17(23)21-14-10-8-13(9-11-14)19-22(18(24)12-25-19)16-7-4-3-6-15(16)20/h3-4,6-11,19H,2,5,12H2,1H3,(H,21,23)/t19-/m0/s1. The zero-order valence-corrected chi connectivity index (χ0v) is 14.7. The summed E-state index contributed by atoms with van der Waals surface area (Å²) in [5.41, 5.74) is 1.91. The highest BCUT2D eigenvalue weighted by molar-refractivity contribution is 8.00. The van der Waals surface area contributed by atoms with Crippen molar-refractivity contribution in [3.05, 3.63) is 59.9 Å². The third-order valence-corrected chi connectivity index (χ3v) is 5.15. The monoisotopic (exact) mass is 358 g/mol. The summed E-state index contributed by atoms with van der Waals surface area (Å²) in [4.78, 5) is 25.4. The second-order valence-electron chi connectivity index (χ2n) is 5.80. The smallest absolute Gasteiger partial charge is 0.238 e. The van der Waals surface area contributed by atoms with Gasteiger partial charge < -0.3 is 5.32 Å². The van der Waals surface area contributed by atoms with E-state index in [-0.39, 0.29) is 17.2 Å². The highest BCUT2D eigenvalue weighted by Crippen LogP contribution is 2.42. The van der Waals surface area contributed by atoms with Crippen LogP contribution in [0.3, 0.4) is 0 Å². The van der Waals surface area contributed by atoms with E-state index in [0.29, 0.717) is 23.5 Å². The molecule has 1 N–H and O–H groups in total. The van der Waals surface area contributed by atoms with Crippen LogP contribution in [0.2, 0.25) is 0 Å². The molecule has 25 heavy (non-hydrogen) atoms. The quantitative estimate of drug-likeness (QED) is 0.865. The van der Waals surface area contributed by atoms with Crippen LogP contribution >= 0.6 is 11.8 Å². The molecule has 130 valence electrons. The van der Waals surface area contributed by atoms with Crippen LogP contribution in [0.25, 0.3) is 0 Å². The molecule has 0 aliphatic carbocycles. The van der Waals surface area contributed by atoms with Gasteiger partial charge >= 0.3 is 0 Å². The second kappa shape index (κ2) is 7.70. The third-order valence-electron chi connectivity index (χ3n) is 3.94. The zero-order chi connectivity index (χ0) is 17.8. The van der Waals surface area contributed by atoms with Crippen molar-refractivity contribution in [1.29, 1.82) is 0 Å². The number of carbonyl (C=O) groups excluding carboxylic acids is 2. The fourth-order valence-electron chi connectivity index (χ4n) is 2.76. The topological polar surface area (TPSA) is 49.4 Å². The predicted molar refractivity (Wildman–Crippen MR) is 99.1 cm³/mol. The minimum atomic E-state index is -0.410. The summed E-state index contributed by atoms with van der Waals surface area (Å²) in [6.45, 7) is 1.95. The first-order chi connectivity index (χ1) is 12.1. The summed E-state index contributed by atoms with van der Waals surface area (Å²) in [5.74, 6) is -0.227. The number of benzene rings is 2. The molecule has 1 fully saturated rings. The van der Waals surface area contributed by atoms with Crippen molar-refractivity contribution in [3.8, 4) is 0 Å². The normalized spacial score (nSPS) is 17.0. The third kappa shape index (κ3) is 3.85. The van der Waals surface area contributed by atoms with Gasteiger partial charge in [-0.25, -0.2) is 4.39 Å². The van der Waals surface area contributed by atoms with Crippen LogP contribution in [-0.2, 0) is 9.59 Å². The summed E-state index contributed by atoms with van der Waals surface area (Å²) < 4.78 is 14.1. The molecular formula is C19H19FN2O2S. The molecule has 4 nitrogen and oxygen atoms in total. The van der Waals surface area contributed by atoms with Gasteiger partial charge in [-0.15, -0.1) is 11.8 Å². The molecule has 0 radical (unpaired) electrons. The molecule has 2 amide bonds. The maximum Gasteiger partial charge on any atom is 0.238 e. The Morgan fingerprint density at radius 3 is 2.64 bits per heavy atom. The lowest BCUT2D eigenvalue weighted by Crippen LogP contribution is -2.28. The van der Waals surface area contributed by atoms with Gasteiger partial charge in [-0.2, -0.15) is 0 Å². The number of hydrogen-bond donors (Lipinski definition) is 1. The van der Waals surface area contributed by atoms with Crippen LogP contribution in [0.5, 0.6) is 0 Å². The van der Waals surface area contributed by atoms with Gasteiger partial charge in [0.1, 0.15) is 11.2 Å². The van der Waals surface area contributed by atoms with E-state index in [2.05, 4.69) is 5.32 Å². The van der Waals surface area contributed by atoms with Crippen molar-refractivity contribution in [2.24, 2.45) is 0 Å². The van der Waals surface area contributed by atoms with Crippen LogP contribution in [-0.4, -0.2) is 17.6 Å². The first-order valence-electron chi connectivity index (χ1n) is 8.18. The summed E-state index contributed by atoms with van der Waals surface area (Å²) in [5, 5.41) is 2.56. The van der Waals surface area contributed by atoms with Crippen LogP contribution in [0, 0.1) is 5.82 Å². The maximum absolute atomic E-state index is 14.1. The molecule has 0 bridgehead atoms. The van der Waals surface area contributed by atoms with Gasteiger partial charge in [-0.05, 0) is 36.2 Å². The summed E-state index contributed by atoms with van der Waals surface area (Å²) >= 11 is 1.47. The number of carbonyl (C=O) groups is 2. The second-order valence-corrected chi connectivity index (χ2v) is 6.87. The molecule has 1 aliphatic rings. The van der Waals surface area contributed by atoms with Crippen molar-refractivity contribution in [2.75, 3.05) is 16.0 Å². The fourth-order valence-corrected chi connectivity index (χ4v) is 3.93. The molecular weight excluding hydrogens is 339 g/mol. The molecule has 1 heterocycles. The lowest BCUT2D eigenvalue weighted by Gasteiger charge is -2.24. The average molecular weight is 358 g/mol. The van der Waals surface area contributed by atoms with Crippen LogP contribution in [0.15, 0.2) is 48.5 Å². The van der Waals surface area contributed by atoms with E-state index in [1.807, 2.05) is 31.2 Å². The Bertz CT molecular complexity index is 779. The van der Waals surface area contributed by atoms with Gasteiger partial charge in [0.05, 0.1) is 11.4 Å². The predicted octanol–water partition coefficient (Wildman–Crippen LogP) is 4.34. The minimum Gasteiger partial charge on any atom is -0.326 e. The van der Waals surface area contributed by atoms with E-state index in [1.54, 1.807) is 18.2 Å². The SMILES string of the molecule is CCCC(=O)Nc1ccc([C@@H]2SCC(=O)N2c2ccccc2F)cc1. The fraction of sp³-hybridized carbons (Fsp3) is 0.263. The Morgan fingerprint density at radius 1 is 1.24 bits per heavy atom. The molecule has 0 saturated carbocycles. The van der Waals surface area contributed by atoms with Crippen molar-refractivity contribution in [1.82, 2.24) is 0 Å². The molecule has 2 aromatic rings. The van der Waals surface area contributed by atoms with E-state index >= 15 is 0 Å². The van der Waals surface area contributed by atoms with Crippen molar-refractivity contribution in [3.63, 3.8) is 0 Å². The lowest BCUT2D eigenvalue weighted by molar-refractivity contribution is -0.116. The lowest BCUT2D eigenvalue weighted by atomic mass is 10.1. The van der Waals surface area contributed by atoms with E-state index in [1.165, 1.54) is 22.7 Å². The molecule has 6 heteroatoms. The summed E-state index contributed by atoms with van der Waals surface area (Å²) in [6, 6.07) is 13.7. The number of para-hydroxylation sites is 1. The van der Waals surface area contributed by atoms with E-state index in [0.717, 1.165) is 12.0 Å². The average Bonchev–Trinajstić information content (AvgIpc) is 2.98. The van der Waals surface area contributed by atoms with Gasteiger partial charge in [0.25, 0.3) is 0 Å². The van der Waals surface area contributed by atoms with E-state index in [9.17, 15) is 14.0 Å². The number of halogens is 1. The Morgan fingerprint density at radius 2 is 1.96 bits per heavy atom. The number of amides is 2. The Kier molecular flexibility index (Phi) is 5.38. The van der Waals surface area contributed by atoms with Crippen molar-refractivity contribution >= 4 is 35.0 Å².